The van der Waals surface area contributed by atoms with Gasteiger partial charge in [0.15, 0.2) is 5.65 Å². The molecule has 0 radical (unpaired) electrons. The fourth-order valence-corrected chi connectivity index (χ4v) is 3.22. The second kappa shape index (κ2) is 7.19. The molecule has 0 unspecified atom stereocenters. The second-order valence-corrected chi connectivity index (χ2v) is 6.69. The minimum atomic E-state index is -0.150. The van der Waals surface area contributed by atoms with Crippen LogP contribution in [-0.4, -0.2) is 37.0 Å². The first-order chi connectivity index (χ1) is 13.2. The molecular weight excluding hydrogens is 340 g/mol. The Labute approximate surface area is 156 Å². The monoisotopic (exact) mass is 362 g/mol. The van der Waals surface area contributed by atoms with E-state index >= 15 is 0 Å². The van der Waals surface area contributed by atoms with Crippen molar-refractivity contribution in [2.75, 3.05) is 6.54 Å². The van der Waals surface area contributed by atoms with Gasteiger partial charge in [-0.2, -0.15) is 0 Å². The van der Waals surface area contributed by atoms with Crippen LogP contribution >= 0.6 is 0 Å². The largest absolute Gasteiger partial charge is 0.351 e. The molecule has 1 aromatic carbocycles. The molecule has 3 aromatic heterocycles. The molecule has 0 aliphatic carbocycles. The lowest BCUT2D eigenvalue weighted by atomic mass is 10.2. The number of aromatic amines is 1. The van der Waals surface area contributed by atoms with E-state index in [1.54, 1.807) is 6.07 Å². The second-order valence-electron chi connectivity index (χ2n) is 6.69. The molecule has 1 amide bonds. The van der Waals surface area contributed by atoms with Crippen molar-refractivity contribution in [1.82, 2.24) is 29.9 Å². The van der Waals surface area contributed by atoms with Crippen LogP contribution in [0.3, 0.4) is 0 Å². The number of carbonyl (C=O) groups excluding carboxylic acids is 1. The molecule has 0 spiro atoms. The van der Waals surface area contributed by atoms with Gasteiger partial charge >= 0.3 is 0 Å². The van der Waals surface area contributed by atoms with Gasteiger partial charge < -0.3 is 10.3 Å². The van der Waals surface area contributed by atoms with E-state index in [9.17, 15) is 4.79 Å². The third-order valence-corrected chi connectivity index (χ3v) is 4.56. The van der Waals surface area contributed by atoms with Gasteiger partial charge in [0.2, 0.25) is 0 Å². The highest BCUT2D eigenvalue weighted by molar-refractivity contribution is 5.99. The van der Waals surface area contributed by atoms with E-state index in [2.05, 4.69) is 45.4 Å². The molecule has 7 nitrogen and oxygen atoms in total. The molecule has 0 fully saturated rings. The fourth-order valence-electron chi connectivity index (χ4n) is 3.22. The molecule has 4 rings (SSSR count). The topological polar surface area (TPSA) is 88.0 Å². The predicted molar refractivity (Wildman–Crippen MR) is 104 cm³/mol. The van der Waals surface area contributed by atoms with Crippen molar-refractivity contribution >= 4 is 22.6 Å². The number of pyridine rings is 1. The maximum Gasteiger partial charge on any atom is 0.255 e. The van der Waals surface area contributed by atoms with Crippen LogP contribution in [0, 0.1) is 6.92 Å². The maximum absolute atomic E-state index is 12.6. The number of rotatable bonds is 6. The van der Waals surface area contributed by atoms with Crippen LogP contribution in [0.5, 0.6) is 0 Å². The van der Waals surface area contributed by atoms with Crippen molar-refractivity contribution in [3.8, 4) is 0 Å². The van der Waals surface area contributed by atoms with Gasteiger partial charge in [0.25, 0.3) is 5.91 Å². The Morgan fingerprint density at radius 2 is 2.11 bits per heavy atom. The van der Waals surface area contributed by atoms with Crippen LogP contribution in [-0.2, 0) is 12.8 Å². The van der Waals surface area contributed by atoms with E-state index in [1.807, 2.05) is 28.8 Å². The average molecular weight is 362 g/mol. The summed E-state index contributed by atoms with van der Waals surface area (Å²) in [6.45, 7) is 4.64. The number of aromatic nitrogens is 5. The van der Waals surface area contributed by atoms with Gasteiger partial charge in [-0.25, -0.2) is 4.98 Å². The van der Waals surface area contributed by atoms with Gasteiger partial charge in [-0.05, 0) is 43.2 Å². The molecular formula is C20H22N6O. The summed E-state index contributed by atoms with van der Waals surface area (Å²) >= 11 is 0. The van der Waals surface area contributed by atoms with E-state index in [0.29, 0.717) is 24.2 Å². The number of aryl methyl sites for hydroxylation is 2. The van der Waals surface area contributed by atoms with Crippen molar-refractivity contribution in [1.29, 1.82) is 0 Å². The SMILES string of the molecule is CCCc1nnc2c(C(=O)NCCc3nc4ccc(C)cc4[nH]3)cccn12. The number of imidazole rings is 1. The van der Waals surface area contributed by atoms with Gasteiger partial charge in [0, 0.05) is 25.6 Å². The van der Waals surface area contributed by atoms with Crippen molar-refractivity contribution in [3.63, 3.8) is 0 Å². The zero-order chi connectivity index (χ0) is 18.8. The Balaban J connectivity index is 1.45. The van der Waals surface area contributed by atoms with Crippen molar-refractivity contribution in [2.45, 2.75) is 33.1 Å². The van der Waals surface area contributed by atoms with E-state index in [1.165, 1.54) is 5.56 Å². The quantitative estimate of drug-likeness (QED) is 0.552. The number of carbonyl (C=O) groups is 1. The number of benzene rings is 1. The van der Waals surface area contributed by atoms with Crippen LogP contribution in [0.1, 0.15) is 40.9 Å². The highest BCUT2D eigenvalue weighted by atomic mass is 16.1. The normalized spacial score (nSPS) is 11.3. The van der Waals surface area contributed by atoms with Crippen LogP contribution in [0.4, 0.5) is 0 Å². The average Bonchev–Trinajstić information content (AvgIpc) is 3.25. The number of fused-ring (bicyclic) bond motifs is 2. The molecule has 0 saturated heterocycles. The summed E-state index contributed by atoms with van der Waals surface area (Å²) in [5, 5.41) is 11.4. The molecule has 0 aliphatic heterocycles. The number of H-pyrrole nitrogens is 1. The van der Waals surface area contributed by atoms with Crippen LogP contribution in [0.2, 0.25) is 0 Å². The van der Waals surface area contributed by atoms with Crippen molar-refractivity contribution in [3.05, 3.63) is 59.3 Å². The highest BCUT2D eigenvalue weighted by Crippen LogP contribution is 2.14. The molecule has 3 heterocycles. The minimum absolute atomic E-state index is 0.150. The van der Waals surface area contributed by atoms with Gasteiger partial charge in [-0.15, -0.1) is 10.2 Å². The van der Waals surface area contributed by atoms with Crippen molar-refractivity contribution in [2.24, 2.45) is 0 Å². The Morgan fingerprint density at radius 1 is 1.22 bits per heavy atom. The van der Waals surface area contributed by atoms with E-state index in [4.69, 9.17) is 0 Å². The summed E-state index contributed by atoms with van der Waals surface area (Å²) in [5.41, 5.74) is 4.28. The van der Waals surface area contributed by atoms with Gasteiger partial charge in [-0.1, -0.05) is 13.0 Å². The summed E-state index contributed by atoms with van der Waals surface area (Å²) in [6, 6.07) is 9.75. The first-order valence-electron chi connectivity index (χ1n) is 9.22. The lowest BCUT2D eigenvalue weighted by Crippen LogP contribution is -2.26. The molecule has 2 N–H and O–H groups in total. The van der Waals surface area contributed by atoms with E-state index in [-0.39, 0.29) is 5.91 Å². The number of amides is 1. The van der Waals surface area contributed by atoms with Gasteiger partial charge in [0.1, 0.15) is 11.6 Å². The maximum atomic E-state index is 12.6. The van der Waals surface area contributed by atoms with Crippen LogP contribution < -0.4 is 5.32 Å². The molecule has 138 valence electrons. The smallest absolute Gasteiger partial charge is 0.255 e. The minimum Gasteiger partial charge on any atom is -0.351 e. The third-order valence-electron chi connectivity index (χ3n) is 4.56. The standard InChI is InChI=1S/C20H22N6O/c1-3-5-18-24-25-19-14(6-4-11-26(18)19)20(27)21-10-9-17-22-15-8-7-13(2)12-16(15)23-17/h4,6-8,11-12H,3,5,9-10H2,1-2H3,(H,21,27)(H,22,23). The number of nitrogens with zero attached hydrogens (tertiary/aromatic N) is 4. The molecule has 27 heavy (non-hydrogen) atoms. The first-order valence-corrected chi connectivity index (χ1v) is 9.22. The summed E-state index contributed by atoms with van der Waals surface area (Å²) in [7, 11) is 0. The lowest BCUT2D eigenvalue weighted by molar-refractivity contribution is 0.0955. The van der Waals surface area contributed by atoms with Gasteiger partial charge in [0.05, 0.1) is 16.6 Å². The Bertz CT molecular complexity index is 1110. The molecule has 0 saturated carbocycles. The fraction of sp³-hybridized carbons (Fsp3) is 0.300. The zero-order valence-corrected chi connectivity index (χ0v) is 15.5. The Kier molecular flexibility index (Phi) is 4.58. The highest BCUT2D eigenvalue weighted by Gasteiger charge is 2.14. The Morgan fingerprint density at radius 3 is 2.96 bits per heavy atom. The van der Waals surface area contributed by atoms with Gasteiger partial charge in [-0.3, -0.25) is 9.20 Å². The summed E-state index contributed by atoms with van der Waals surface area (Å²) in [6.07, 6.45) is 4.34. The lowest BCUT2D eigenvalue weighted by Gasteiger charge is -2.05. The summed E-state index contributed by atoms with van der Waals surface area (Å²) in [4.78, 5) is 20.5. The number of hydrogen-bond acceptors (Lipinski definition) is 4. The number of hydrogen-bond donors (Lipinski definition) is 2. The molecule has 7 heteroatoms. The van der Waals surface area contributed by atoms with Crippen LogP contribution in [0.15, 0.2) is 36.5 Å². The molecule has 4 aromatic rings. The van der Waals surface area contributed by atoms with E-state index < -0.39 is 0 Å². The third kappa shape index (κ3) is 3.40. The van der Waals surface area contributed by atoms with Crippen molar-refractivity contribution < 1.29 is 4.79 Å². The summed E-state index contributed by atoms with van der Waals surface area (Å²) < 4.78 is 1.89. The summed E-state index contributed by atoms with van der Waals surface area (Å²) in [5.74, 6) is 1.59. The number of nitrogens with one attached hydrogen (secondary N) is 2. The van der Waals surface area contributed by atoms with Crippen LogP contribution in [0.25, 0.3) is 16.7 Å². The Hall–Kier alpha value is -3.22. The zero-order valence-electron chi connectivity index (χ0n) is 15.5. The molecule has 0 atom stereocenters. The van der Waals surface area contributed by atoms with E-state index in [0.717, 1.165) is 35.5 Å². The molecule has 0 aliphatic rings. The predicted octanol–water partition coefficient (Wildman–Crippen LogP) is 2.84. The first kappa shape index (κ1) is 17.2. The molecule has 0 bridgehead atoms.